The van der Waals surface area contributed by atoms with E-state index in [0.29, 0.717) is 16.8 Å². The fraction of sp³-hybridized carbons (Fsp3) is 0.0588. The second-order valence-corrected chi connectivity index (χ2v) is 4.85. The van der Waals surface area contributed by atoms with E-state index in [1.807, 2.05) is 25.1 Å². The van der Waals surface area contributed by atoms with Crippen LogP contribution in [0, 0.1) is 6.92 Å². The van der Waals surface area contributed by atoms with Crippen molar-refractivity contribution in [3.63, 3.8) is 0 Å². The highest BCUT2D eigenvalue weighted by molar-refractivity contribution is 6.04. The van der Waals surface area contributed by atoms with Gasteiger partial charge in [-0.1, -0.05) is 23.8 Å². The van der Waals surface area contributed by atoms with Gasteiger partial charge in [-0.05, 0) is 37.3 Å². The van der Waals surface area contributed by atoms with Crippen LogP contribution in [0.15, 0.2) is 52.9 Å². The van der Waals surface area contributed by atoms with E-state index in [9.17, 15) is 9.59 Å². The summed E-state index contributed by atoms with van der Waals surface area (Å²) in [6, 6.07) is 14.2. The molecule has 0 atom stereocenters. The number of aryl methyl sites for hydroxylation is 1. The lowest BCUT2D eigenvalue weighted by Crippen LogP contribution is -2.10. The molecule has 3 aromatic rings. The fourth-order valence-corrected chi connectivity index (χ4v) is 2.16. The highest BCUT2D eigenvalue weighted by atomic mass is 16.3. The van der Waals surface area contributed by atoms with Gasteiger partial charge in [-0.2, -0.15) is 0 Å². The molecule has 1 amide bonds. The number of anilines is 1. The van der Waals surface area contributed by atoms with Crippen molar-refractivity contribution in [2.24, 2.45) is 0 Å². The van der Waals surface area contributed by atoms with Crippen molar-refractivity contribution in [3.05, 3.63) is 65.4 Å². The van der Waals surface area contributed by atoms with Crippen molar-refractivity contribution < 1.29 is 14.0 Å². The molecule has 0 aliphatic carbocycles. The molecule has 0 unspecified atom stereocenters. The number of benzene rings is 2. The number of hydrogen-bond acceptors (Lipinski definition) is 3. The van der Waals surface area contributed by atoms with Crippen LogP contribution in [0.25, 0.3) is 11.0 Å². The molecule has 3 rings (SSSR count). The van der Waals surface area contributed by atoms with Crippen LogP contribution in [0.2, 0.25) is 0 Å². The molecule has 104 valence electrons. The summed E-state index contributed by atoms with van der Waals surface area (Å²) in [5, 5.41) is 3.61. The molecule has 0 aliphatic heterocycles. The van der Waals surface area contributed by atoms with Gasteiger partial charge in [-0.25, -0.2) is 0 Å². The van der Waals surface area contributed by atoms with Gasteiger partial charge in [0.15, 0.2) is 5.76 Å². The van der Waals surface area contributed by atoms with Gasteiger partial charge in [-0.3, -0.25) is 9.59 Å². The molecular formula is C17H13NO3. The molecule has 4 nitrogen and oxygen atoms in total. The van der Waals surface area contributed by atoms with Gasteiger partial charge < -0.3 is 9.73 Å². The summed E-state index contributed by atoms with van der Waals surface area (Å²) in [7, 11) is 0. The van der Waals surface area contributed by atoms with Crippen molar-refractivity contribution in [3.8, 4) is 0 Å². The van der Waals surface area contributed by atoms with Crippen molar-refractivity contribution in [2.75, 3.05) is 5.32 Å². The molecule has 21 heavy (non-hydrogen) atoms. The van der Waals surface area contributed by atoms with Gasteiger partial charge in [0.05, 0.1) is 0 Å². The van der Waals surface area contributed by atoms with Crippen molar-refractivity contribution in [2.45, 2.75) is 6.92 Å². The summed E-state index contributed by atoms with van der Waals surface area (Å²) in [6.07, 6.45) is 0.736. The van der Waals surface area contributed by atoms with E-state index in [-0.39, 0.29) is 11.7 Å². The summed E-state index contributed by atoms with van der Waals surface area (Å²) in [5.74, 6) is -0.0981. The van der Waals surface area contributed by atoms with Crippen LogP contribution < -0.4 is 5.32 Å². The Kier molecular flexibility index (Phi) is 3.28. The molecule has 0 saturated heterocycles. The Labute approximate surface area is 121 Å². The lowest BCUT2D eigenvalue weighted by molar-refractivity contribution is 0.0998. The van der Waals surface area contributed by atoms with Gasteiger partial charge in [0, 0.05) is 16.6 Å². The smallest absolute Gasteiger partial charge is 0.291 e. The average molecular weight is 279 g/mol. The topological polar surface area (TPSA) is 59.3 Å². The number of nitrogens with one attached hydrogen (secondary N) is 1. The number of carbonyl (C=O) groups is 2. The maximum Gasteiger partial charge on any atom is 0.291 e. The normalized spacial score (nSPS) is 10.5. The fourth-order valence-electron chi connectivity index (χ4n) is 2.16. The van der Waals surface area contributed by atoms with Gasteiger partial charge >= 0.3 is 0 Å². The number of furan rings is 1. The van der Waals surface area contributed by atoms with E-state index in [4.69, 9.17) is 4.42 Å². The number of hydrogen-bond donors (Lipinski definition) is 1. The zero-order valence-corrected chi connectivity index (χ0v) is 11.4. The molecule has 0 bridgehead atoms. The summed E-state index contributed by atoms with van der Waals surface area (Å²) in [4.78, 5) is 22.9. The first kappa shape index (κ1) is 13.1. The first-order valence-electron chi connectivity index (χ1n) is 6.52. The molecule has 1 aromatic heterocycles. The Balaban J connectivity index is 1.87. The molecule has 0 saturated carbocycles. The van der Waals surface area contributed by atoms with E-state index in [2.05, 4.69) is 5.32 Å². The largest absolute Gasteiger partial charge is 0.451 e. The van der Waals surface area contributed by atoms with Gasteiger partial charge in [0.1, 0.15) is 11.9 Å². The summed E-state index contributed by atoms with van der Waals surface area (Å²) in [6.45, 7) is 1.98. The van der Waals surface area contributed by atoms with Crippen molar-refractivity contribution >= 4 is 28.8 Å². The number of aldehydes is 1. The summed E-state index contributed by atoms with van der Waals surface area (Å²) < 4.78 is 5.53. The molecular weight excluding hydrogens is 266 g/mol. The van der Waals surface area contributed by atoms with Crippen LogP contribution in [0.3, 0.4) is 0 Å². The van der Waals surface area contributed by atoms with Crippen LogP contribution >= 0.6 is 0 Å². The lowest BCUT2D eigenvalue weighted by atomic mass is 10.2. The standard InChI is InChI=1S/C17H13NO3/c1-11-5-6-15-13(7-11)9-16(21-15)17(20)18-14-4-2-3-12(8-14)10-19/h2-10H,1H3,(H,18,20). The third-order valence-electron chi connectivity index (χ3n) is 3.18. The van der Waals surface area contributed by atoms with Crippen LogP contribution in [0.1, 0.15) is 26.5 Å². The lowest BCUT2D eigenvalue weighted by Gasteiger charge is -2.03. The number of fused-ring (bicyclic) bond motifs is 1. The van der Waals surface area contributed by atoms with E-state index < -0.39 is 0 Å². The Bertz CT molecular complexity index is 833. The van der Waals surface area contributed by atoms with E-state index in [1.54, 1.807) is 30.3 Å². The van der Waals surface area contributed by atoms with Crippen LogP contribution in [0.5, 0.6) is 0 Å². The van der Waals surface area contributed by atoms with E-state index in [1.165, 1.54) is 0 Å². The van der Waals surface area contributed by atoms with E-state index in [0.717, 1.165) is 17.2 Å². The van der Waals surface area contributed by atoms with Gasteiger partial charge in [0.25, 0.3) is 5.91 Å². The summed E-state index contributed by atoms with van der Waals surface area (Å²) >= 11 is 0. The molecule has 1 heterocycles. The Hall–Kier alpha value is -2.88. The third kappa shape index (κ3) is 2.69. The van der Waals surface area contributed by atoms with Gasteiger partial charge in [0.2, 0.25) is 0 Å². The minimum atomic E-state index is -0.341. The average Bonchev–Trinajstić information content (AvgIpc) is 2.90. The highest BCUT2D eigenvalue weighted by Gasteiger charge is 2.12. The quantitative estimate of drug-likeness (QED) is 0.742. The van der Waals surface area contributed by atoms with Crippen LogP contribution in [0.4, 0.5) is 5.69 Å². The first-order chi connectivity index (χ1) is 10.2. The molecule has 4 heteroatoms. The Morgan fingerprint density at radius 3 is 2.81 bits per heavy atom. The van der Waals surface area contributed by atoms with Crippen LogP contribution in [-0.4, -0.2) is 12.2 Å². The number of carbonyl (C=O) groups excluding carboxylic acids is 2. The molecule has 0 spiro atoms. The maximum absolute atomic E-state index is 12.2. The number of amides is 1. The zero-order valence-electron chi connectivity index (χ0n) is 11.4. The predicted molar refractivity (Wildman–Crippen MR) is 80.7 cm³/mol. The SMILES string of the molecule is Cc1ccc2oc(C(=O)Nc3cccc(C=O)c3)cc2c1. The van der Waals surface area contributed by atoms with Crippen molar-refractivity contribution in [1.82, 2.24) is 0 Å². The molecule has 0 aliphatic rings. The minimum absolute atomic E-state index is 0.243. The first-order valence-corrected chi connectivity index (χ1v) is 6.52. The zero-order chi connectivity index (χ0) is 14.8. The molecule has 0 fully saturated rings. The predicted octanol–water partition coefficient (Wildman–Crippen LogP) is 3.81. The maximum atomic E-state index is 12.2. The second-order valence-electron chi connectivity index (χ2n) is 4.85. The molecule has 1 N–H and O–H groups in total. The highest BCUT2D eigenvalue weighted by Crippen LogP contribution is 2.21. The number of rotatable bonds is 3. The molecule has 0 radical (unpaired) electrons. The second kappa shape index (κ2) is 5.25. The van der Waals surface area contributed by atoms with Crippen LogP contribution in [-0.2, 0) is 0 Å². The minimum Gasteiger partial charge on any atom is -0.451 e. The third-order valence-corrected chi connectivity index (χ3v) is 3.18. The summed E-state index contributed by atoms with van der Waals surface area (Å²) in [5.41, 5.74) is 2.84. The Morgan fingerprint density at radius 1 is 1.14 bits per heavy atom. The Morgan fingerprint density at radius 2 is 2.00 bits per heavy atom. The van der Waals surface area contributed by atoms with Gasteiger partial charge in [-0.15, -0.1) is 0 Å². The van der Waals surface area contributed by atoms with Crippen molar-refractivity contribution in [1.29, 1.82) is 0 Å². The molecule has 2 aromatic carbocycles. The van der Waals surface area contributed by atoms with E-state index >= 15 is 0 Å². The monoisotopic (exact) mass is 279 g/mol.